The first-order valence-corrected chi connectivity index (χ1v) is 6.26. The number of pyridine rings is 1. The normalized spacial score (nSPS) is 26.6. The maximum Gasteiger partial charge on any atom is 0.278 e. The molecule has 2 fully saturated rings. The summed E-state index contributed by atoms with van der Waals surface area (Å²) >= 11 is 0. The standard InChI is InChI=1S/C12H13N3O4/c16-7-1-4-15-9(10(7)17)11(18)14-6-12(2-3-12)19-5-8(14)13-15/h1,4,8,13,17H,2-3,5-6H2. The van der Waals surface area contributed by atoms with Crippen LogP contribution in [-0.2, 0) is 4.74 Å². The van der Waals surface area contributed by atoms with Crippen molar-refractivity contribution in [3.63, 3.8) is 0 Å². The molecule has 0 bridgehead atoms. The molecule has 3 aliphatic rings. The van der Waals surface area contributed by atoms with E-state index >= 15 is 0 Å². The van der Waals surface area contributed by atoms with Gasteiger partial charge in [-0.05, 0) is 12.8 Å². The highest BCUT2D eigenvalue weighted by Gasteiger charge is 2.52. The number of amides is 1. The van der Waals surface area contributed by atoms with Crippen molar-refractivity contribution in [1.82, 2.24) is 9.58 Å². The van der Waals surface area contributed by atoms with Gasteiger partial charge in [0.1, 0.15) is 6.17 Å². The molecular formula is C12H13N3O4. The minimum absolute atomic E-state index is 0.00134. The quantitative estimate of drug-likeness (QED) is 0.655. The zero-order valence-electron chi connectivity index (χ0n) is 10.1. The van der Waals surface area contributed by atoms with Crippen molar-refractivity contribution in [2.45, 2.75) is 24.6 Å². The van der Waals surface area contributed by atoms with E-state index in [1.807, 2.05) is 0 Å². The number of rotatable bonds is 0. The van der Waals surface area contributed by atoms with Crippen LogP contribution in [0.5, 0.6) is 5.75 Å². The summed E-state index contributed by atoms with van der Waals surface area (Å²) in [6, 6.07) is 1.22. The van der Waals surface area contributed by atoms with Crippen molar-refractivity contribution in [2.24, 2.45) is 0 Å². The number of hydrogen-bond acceptors (Lipinski definition) is 5. The van der Waals surface area contributed by atoms with Crippen LogP contribution in [0.2, 0.25) is 0 Å². The second-order valence-corrected chi connectivity index (χ2v) is 5.32. The van der Waals surface area contributed by atoms with Gasteiger partial charge in [-0.15, -0.1) is 0 Å². The predicted molar refractivity (Wildman–Crippen MR) is 64.5 cm³/mol. The minimum atomic E-state index is -0.547. The van der Waals surface area contributed by atoms with E-state index in [2.05, 4.69) is 5.43 Å². The van der Waals surface area contributed by atoms with Crippen LogP contribution in [0.4, 0.5) is 0 Å². The molecule has 1 unspecified atom stereocenters. The summed E-state index contributed by atoms with van der Waals surface area (Å²) in [5.41, 5.74) is 2.32. The lowest BCUT2D eigenvalue weighted by Crippen LogP contribution is -2.61. The number of carbonyl (C=O) groups is 1. The van der Waals surface area contributed by atoms with Gasteiger partial charge >= 0.3 is 0 Å². The SMILES string of the molecule is O=C1c2c(O)c(=O)ccn2NC2COC3(CC3)CN12. The Bertz CT molecular complexity index is 634. The smallest absolute Gasteiger partial charge is 0.278 e. The molecular weight excluding hydrogens is 250 g/mol. The van der Waals surface area contributed by atoms with Gasteiger partial charge < -0.3 is 20.2 Å². The van der Waals surface area contributed by atoms with E-state index in [4.69, 9.17) is 4.74 Å². The number of aromatic nitrogens is 1. The Hall–Kier alpha value is -2.02. The number of nitrogens with one attached hydrogen (secondary N) is 1. The molecule has 1 aromatic heterocycles. The Labute approximate surface area is 108 Å². The number of aromatic hydroxyl groups is 1. The summed E-state index contributed by atoms with van der Waals surface area (Å²) in [7, 11) is 0. The fourth-order valence-corrected chi connectivity index (χ4v) is 2.71. The van der Waals surface area contributed by atoms with Crippen molar-refractivity contribution in [3.05, 3.63) is 28.2 Å². The van der Waals surface area contributed by atoms with E-state index < -0.39 is 11.2 Å². The fourth-order valence-electron chi connectivity index (χ4n) is 2.71. The molecule has 7 nitrogen and oxygen atoms in total. The van der Waals surface area contributed by atoms with Gasteiger partial charge in [0.15, 0.2) is 11.4 Å². The van der Waals surface area contributed by atoms with E-state index in [0.29, 0.717) is 13.2 Å². The number of hydrogen-bond donors (Lipinski definition) is 2. The Kier molecular flexibility index (Phi) is 1.88. The van der Waals surface area contributed by atoms with Crippen LogP contribution >= 0.6 is 0 Å². The van der Waals surface area contributed by atoms with Gasteiger partial charge in [0.25, 0.3) is 5.91 Å². The van der Waals surface area contributed by atoms with E-state index in [-0.39, 0.29) is 23.4 Å². The molecule has 7 heteroatoms. The lowest BCUT2D eigenvalue weighted by molar-refractivity contribution is -0.0664. The molecule has 1 saturated carbocycles. The number of nitrogens with zero attached hydrogens (tertiary/aromatic N) is 2. The molecule has 4 rings (SSSR count). The number of morpholine rings is 1. The fraction of sp³-hybridized carbons (Fsp3) is 0.500. The molecule has 100 valence electrons. The topological polar surface area (TPSA) is 83.8 Å². The van der Waals surface area contributed by atoms with Gasteiger partial charge in [-0.25, -0.2) is 0 Å². The van der Waals surface area contributed by atoms with Gasteiger partial charge in [-0.3, -0.25) is 14.3 Å². The third kappa shape index (κ3) is 1.42. The molecule has 0 aromatic carbocycles. The maximum absolute atomic E-state index is 12.5. The van der Waals surface area contributed by atoms with E-state index in [9.17, 15) is 14.7 Å². The molecule has 1 spiro atoms. The number of carbonyl (C=O) groups excluding carboxylic acids is 1. The Morgan fingerprint density at radius 3 is 2.95 bits per heavy atom. The highest BCUT2D eigenvalue weighted by molar-refractivity contribution is 5.96. The highest BCUT2D eigenvalue weighted by atomic mass is 16.5. The number of ether oxygens (including phenoxy) is 1. The molecule has 1 amide bonds. The zero-order chi connectivity index (χ0) is 13.2. The average molecular weight is 263 g/mol. The molecule has 1 aromatic rings. The van der Waals surface area contributed by atoms with Crippen molar-refractivity contribution < 1.29 is 14.6 Å². The van der Waals surface area contributed by atoms with Gasteiger partial charge in [0.2, 0.25) is 5.43 Å². The average Bonchev–Trinajstić information content (AvgIpc) is 3.15. The third-order valence-electron chi connectivity index (χ3n) is 4.01. The second-order valence-electron chi connectivity index (χ2n) is 5.32. The highest BCUT2D eigenvalue weighted by Crippen LogP contribution is 2.43. The van der Waals surface area contributed by atoms with Crippen LogP contribution in [-0.4, -0.2) is 45.5 Å². The molecule has 2 aliphatic heterocycles. The first-order chi connectivity index (χ1) is 9.10. The first kappa shape index (κ1) is 10.9. The molecule has 1 atom stereocenters. The first-order valence-electron chi connectivity index (χ1n) is 6.26. The van der Waals surface area contributed by atoms with Crippen molar-refractivity contribution in [2.75, 3.05) is 18.6 Å². The summed E-state index contributed by atoms with van der Waals surface area (Å²) in [6.45, 7) is 0.921. The van der Waals surface area contributed by atoms with Crippen LogP contribution in [0.25, 0.3) is 0 Å². The predicted octanol–water partition coefficient (Wildman–Crippen LogP) is -0.558. The van der Waals surface area contributed by atoms with Crippen LogP contribution in [0.1, 0.15) is 23.3 Å². The van der Waals surface area contributed by atoms with Gasteiger partial charge in [0.05, 0.1) is 18.8 Å². The third-order valence-corrected chi connectivity index (χ3v) is 4.01. The number of fused-ring (bicyclic) bond motifs is 2. The zero-order valence-corrected chi connectivity index (χ0v) is 10.1. The lowest BCUT2D eigenvalue weighted by atomic mass is 10.1. The Balaban J connectivity index is 1.79. The lowest BCUT2D eigenvalue weighted by Gasteiger charge is -2.44. The van der Waals surface area contributed by atoms with Crippen LogP contribution < -0.4 is 10.9 Å². The summed E-state index contributed by atoms with van der Waals surface area (Å²) < 4.78 is 7.17. The molecule has 19 heavy (non-hydrogen) atoms. The molecule has 1 aliphatic carbocycles. The van der Waals surface area contributed by atoms with Crippen LogP contribution in [0.15, 0.2) is 17.1 Å². The van der Waals surface area contributed by atoms with Crippen molar-refractivity contribution in [1.29, 1.82) is 0 Å². The van der Waals surface area contributed by atoms with Gasteiger partial charge in [-0.1, -0.05) is 0 Å². The van der Waals surface area contributed by atoms with Crippen LogP contribution in [0, 0.1) is 0 Å². The van der Waals surface area contributed by atoms with Gasteiger partial charge in [-0.2, -0.15) is 0 Å². The summed E-state index contributed by atoms with van der Waals surface area (Å²) in [6.07, 6.45) is 3.11. The Morgan fingerprint density at radius 1 is 1.42 bits per heavy atom. The molecule has 3 heterocycles. The maximum atomic E-state index is 12.5. The van der Waals surface area contributed by atoms with E-state index in [1.165, 1.54) is 16.9 Å². The minimum Gasteiger partial charge on any atom is -0.502 e. The second kappa shape index (κ2) is 3.30. The summed E-state index contributed by atoms with van der Waals surface area (Å²) in [5, 5.41) is 9.80. The van der Waals surface area contributed by atoms with E-state index in [0.717, 1.165) is 12.8 Å². The largest absolute Gasteiger partial charge is 0.502 e. The van der Waals surface area contributed by atoms with E-state index in [1.54, 1.807) is 4.90 Å². The van der Waals surface area contributed by atoms with Crippen LogP contribution in [0.3, 0.4) is 0 Å². The van der Waals surface area contributed by atoms with Gasteiger partial charge in [0, 0.05) is 12.3 Å². The summed E-state index contributed by atoms with van der Waals surface area (Å²) in [4.78, 5) is 25.5. The van der Waals surface area contributed by atoms with Crippen molar-refractivity contribution >= 4 is 5.91 Å². The molecule has 0 radical (unpaired) electrons. The monoisotopic (exact) mass is 263 g/mol. The molecule has 2 N–H and O–H groups in total. The Morgan fingerprint density at radius 2 is 2.21 bits per heavy atom. The van der Waals surface area contributed by atoms with Crippen molar-refractivity contribution in [3.8, 4) is 5.75 Å². The summed E-state index contributed by atoms with van der Waals surface area (Å²) in [5.74, 6) is -0.830. The molecule has 1 saturated heterocycles.